The maximum atomic E-state index is 11.5. The smallest absolute Gasteiger partial charge is 0.325 e. The largest absolute Gasteiger partial charge is 0.480 e. The first-order valence-electron chi connectivity index (χ1n) is 5.19. The number of hydrogen-bond donors (Lipinski definition) is 2. The molecule has 0 aromatic carbocycles. The number of carbonyl (C=O) groups excluding carboxylic acids is 1. The molecule has 1 heterocycles. The van der Waals surface area contributed by atoms with E-state index in [1.165, 1.54) is 6.20 Å². The van der Waals surface area contributed by atoms with Crippen molar-refractivity contribution in [1.29, 1.82) is 0 Å². The Kier molecular flexibility index (Phi) is 5.43. The van der Waals surface area contributed by atoms with Crippen molar-refractivity contribution in [2.45, 2.75) is 13.0 Å². The number of carbonyl (C=O) groups is 2. The highest BCUT2D eigenvalue weighted by molar-refractivity contribution is 7.84. The van der Waals surface area contributed by atoms with Gasteiger partial charge in [0.1, 0.15) is 6.54 Å². The minimum absolute atomic E-state index is 0.0638. The van der Waals surface area contributed by atoms with E-state index in [-0.39, 0.29) is 12.2 Å². The average Bonchev–Trinajstić information content (AvgIpc) is 2.71. The number of carboxylic acid groups (broad SMARTS) is 1. The Balaban J connectivity index is 2.39. The Morgan fingerprint density at radius 1 is 1.56 bits per heavy atom. The Morgan fingerprint density at radius 3 is 2.89 bits per heavy atom. The summed E-state index contributed by atoms with van der Waals surface area (Å²) in [6.07, 6.45) is 3.47. The van der Waals surface area contributed by atoms with Crippen molar-refractivity contribution in [1.82, 2.24) is 20.3 Å². The molecule has 1 amide bonds. The number of aliphatic carboxylic acids is 1. The van der Waals surface area contributed by atoms with Crippen LogP contribution in [-0.4, -0.2) is 54.7 Å². The van der Waals surface area contributed by atoms with Crippen LogP contribution in [0.5, 0.6) is 0 Å². The van der Waals surface area contributed by atoms with Crippen LogP contribution in [0, 0.1) is 0 Å². The number of hydrogen-bond acceptors (Lipinski definition) is 5. The van der Waals surface area contributed by atoms with E-state index in [0.29, 0.717) is 18.7 Å². The molecule has 1 aromatic heterocycles. The van der Waals surface area contributed by atoms with E-state index in [0.717, 1.165) is 4.68 Å². The van der Waals surface area contributed by atoms with E-state index in [1.54, 1.807) is 6.26 Å². The first kappa shape index (κ1) is 14.3. The van der Waals surface area contributed by atoms with Crippen LogP contribution in [0.15, 0.2) is 6.20 Å². The molecule has 8 nitrogen and oxygen atoms in total. The average molecular weight is 274 g/mol. The molecule has 1 aromatic rings. The van der Waals surface area contributed by atoms with Crippen molar-refractivity contribution in [3.63, 3.8) is 0 Å². The van der Waals surface area contributed by atoms with Gasteiger partial charge in [0.25, 0.3) is 5.91 Å². The van der Waals surface area contributed by atoms with Crippen molar-refractivity contribution in [3.8, 4) is 0 Å². The minimum atomic E-state index is -1.06. The molecule has 1 atom stereocenters. The van der Waals surface area contributed by atoms with Gasteiger partial charge in [0.15, 0.2) is 5.69 Å². The highest BCUT2D eigenvalue weighted by Crippen LogP contribution is 1.93. The number of carboxylic acids is 1. The maximum absolute atomic E-state index is 11.5. The molecule has 0 saturated carbocycles. The molecule has 0 aliphatic rings. The monoisotopic (exact) mass is 274 g/mol. The zero-order valence-electron chi connectivity index (χ0n) is 9.83. The lowest BCUT2D eigenvalue weighted by Crippen LogP contribution is -2.25. The number of aromatic nitrogens is 3. The zero-order chi connectivity index (χ0) is 13.5. The van der Waals surface area contributed by atoms with Gasteiger partial charge < -0.3 is 10.4 Å². The van der Waals surface area contributed by atoms with Crippen molar-refractivity contribution in [2.24, 2.45) is 0 Å². The van der Waals surface area contributed by atoms with E-state index in [4.69, 9.17) is 5.11 Å². The second kappa shape index (κ2) is 6.84. The summed E-state index contributed by atoms with van der Waals surface area (Å²) >= 11 is 0. The van der Waals surface area contributed by atoms with Gasteiger partial charge in [-0.3, -0.25) is 13.8 Å². The topological polar surface area (TPSA) is 114 Å². The fourth-order valence-corrected chi connectivity index (χ4v) is 1.74. The standard InChI is InChI=1S/C9H14N4O4S/c1-18(17)4-2-3-10-9(16)7-5-13(12-11-7)6-8(14)15/h5H,2-4,6H2,1H3,(H,10,16)(H,14,15). The zero-order valence-corrected chi connectivity index (χ0v) is 10.6. The van der Waals surface area contributed by atoms with E-state index < -0.39 is 22.7 Å². The molecule has 0 fully saturated rings. The molecular formula is C9H14N4O4S. The van der Waals surface area contributed by atoms with Crippen LogP contribution in [0.2, 0.25) is 0 Å². The summed E-state index contributed by atoms with van der Waals surface area (Å²) in [5.41, 5.74) is 0.0638. The molecule has 18 heavy (non-hydrogen) atoms. The maximum Gasteiger partial charge on any atom is 0.325 e. The molecule has 100 valence electrons. The summed E-state index contributed by atoms with van der Waals surface area (Å²) in [5, 5.41) is 18.2. The Morgan fingerprint density at radius 2 is 2.28 bits per heavy atom. The third-order valence-corrected chi connectivity index (χ3v) is 2.83. The van der Waals surface area contributed by atoms with Crippen LogP contribution in [0.4, 0.5) is 0 Å². The first-order chi connectivity index (χ1) is 8.49. The van der Waals surface area contributed by atoms with Gasteiger partial charge in [-0.05, 0) is 6.42 Å². The highest BCUT2D eigenvalue weighted by Gasteiger charge is 2.11. The normalized spacial score (nSPS) is 12.1. The number of nitrogens with zero attached hydrogens (tertiary/aromatic N) is 3. The lowest BCUT2D eigenvalue weighted by atomic mass is 10.4. The van der Waals surface area contributed by atoms with E-state index in [1.807, 2.05) is 0 Å². The van der Waals surface area contributed by atoms with Crippen LogP contribution >= 0.6 is 0 Å². The summed E-state index contributed by atoms with van der Waals surface area (Å²) in [5.74, 6) is -0.961. The second-order valence-corrected chi connectivity index (χ2v) is 5.14. The van der Waals surface area contributed by atoms with Gasteiger partial charge in [-0.25, -0.2) is 4.68 Å². The van der Waals surface area contributed by atoms with Gasteiger partial charge >= 0.3 is 5.97 Å². The lowest BCUT2D eigenvalue weighted by Gasteiger charge is -2.00. The summed E-state index contributed by atoms with van der Waals surface area (Å²) in [6, 6.07) is 0. The lowest BCUT2D eigenvalue weighted by molar-refractivity contribution is -0.137. The molecule has 2 N–H and O–H groups in total. The predicted molar refractivity (Wildman–Crippen MR) is 63.5 cm³/mol. The molecule has 0 aliphatic carbocycles. The fraction of sp³-hybridized carbons (Fsp3) is 0.556. The van der Waals surface area contributed by atoms with Crippen LogP contribution in [0.1, 0.15) is 16.9 Å². The quantitative estimate of drug-likeness (QED) is 0.607. The molecule has 9 heteroatoms. The summed E-state index contributed by atoms with van der Waals surface area (Å²) in [6.45, 7) is 0.0549. The van der Waals surface area contributed by atoms with Crippen LogP contribution in [0.25, 0.3) is 0 Å². The molecule has 0 saturated heterocycles. The molecule has 1 rings (SSSR count). The van der Waals surface area contributed by atoms with Crippen LogP contribution in [0.3, 0.4) is 0 Å². The van der Waals surface area contributed by atoms with E-state index >= 15 is 0 Å². The van der Waals surface area contributed by atoms with E-state index in [9.17, 15) is 13.8 Å². The number of amides is 1. The number of rotatable bonds is 7. The van der Waals surface area contributed by atoms with Crippen molar-refractivity contribution >= 4 is 22.7 Å². The van der Waals surface area contributed by atoms with Gasteiger partial charge in [-0.15, -0.1) is 5.10 Å². The van der Waals surface area contributed by atoms with Crippen molar-refractivity contribution in [2.75, 3.05) is 18.6 Å². The van der Waals surface area contributed by atoms with Crippen molar-refractivity contribution in [3.05, 3.63) is 11.9 Å². The summed E-state index contributed by atoms with van der Waals surface area (Å²) in [4.78, 5) is 21.9. The molecule has 0 spiro atoms. The summed E-state index contributed by atoms with van der Waals surface area (Å²) < 4.78 is 11.8. The van der Waals surface area contributed by atoms with E-state index in [2.05, 4.69) is 15.6 Å². The Bertz CT molecular complexity index is 459. The number of nitrogens with one attached hydrogen (secondary N) is 1. The van der Waals surface area contributed by atoms with Crippen LogP contribution < -0.4 is 5.32 Å². The first-order valence-corrected chi connectivity index (χ1v) is 6.92. The van der Waals surface area contributed by atoms with Crippen molar-refractivity contribution < 1.29 is 18.9 Å². The second-order valence-electron chi connectivity index (χ2n) is 3.58. The highest BCUT2D eigenvalue weighted by atomic mass is 32.2. The molecule has 0 radical (unpaired) electrons. The molecule has 0 bridgehead atoms. The van der Waals surface area contributed by atoms with Gasteiger partial charge in [0.2, 0.25) is 0 Å². The van der Waals surface area contributed by atoms with Gasteiger partial charge in [-0.2, -0.15) is 0 Å². The fourth-order valence-electron chi connectivity index (χ4n) is 1.19. The minimum Gasteiger partial charge on any atom is -0.480 e. The third kappa shape index (κ3) is 5.04. The third-order valence-electron chi connectivity index (χ3n) is 1.96. The Labute approximate surface area is 106 Å². The molecular weight excluding hydrogens is 260 g/mol. The molecule has 1 unspecified atom stereocenters. The van der Waals surface area contributed by atoms with Gasteiger partial charge in [0.05, 0.1) is 6.20 Å². The van der Waals surface area contributed by atoms with Gasteiger partial charge in [-0.1, -0.05) is 5.21 Å². The van der Waals surface area contributed by atoms with Gasteiger partial charge in [0, 0.05) is 29.4 Å². The predicted octanol–water partition coefficient (Wildman–Crippen LogP) is -1.14. The molecule has 0 aliphatic heterocycles. The van der Waals surface area contributed by atoms with Crippen LogP contribution in [-0.2, 0) is 22.1 Å². The SMILES string of the molecule is CS(=O)CCCNC(=O)c1cn(CC(=O)O)nn1. The Hall–Kier alpha value is -1.77. The summed E-state index contributed by atoms with van der Waals surface area (Å²) in [7, 11) is -0.876.